The summed E-state index contributed by atoms with van der Waals surface area (Å²) in [5.41, 5.74) is 3.08. The fourth-order valence-corrected chi connectivity index (χ4v) is 6.44. The zero-order valence-electron chi connectivity index (χ0n) is 18.0. The third-order valence-electron chi connectivity index (χ3n) is 7.93. The molecule has 7 atom stereocenters. The SMILES string of the molecule is CC(C)=C/C=C\[C@H](C)[C@H]1CC[C@]2(C)C[C@H]3[C@@H]4/C(=C\C=C12)C(=O)N[C@@H]4C[C@@]3(C)O. The quantitative estimate of drug-likeness (QED) is 0.696. The van der Waals surface area contributed by atoms with Crippen molar-refractivity contribution >= 4 is 5.91 Å². The van der Waals surface area contributed by atoms with Crippen LogP contribution in [0.15, 0.2) is 47.1 Å². The second-order valence-corrected chi connectivity index (χ2v) is 10.4. The van der Waals surface area contributed by atoms with Crippen molar-refractivity contribution in [2.24, 2.45) is 29.1 Å². The Labute approximate surface area is 169 Å². The van der Waals surface area contributed by atoms with Gasteiger partial charge in [0.25, 0.3) is 0 Å². The molecule has 0 aromatic heterocycles. The summed E-state index contributed by atoms with van der Waals surface area (Å²) in [6.45, 7) is 10.9. The molecule has 1 aliphatic heterocycles. The van der Waals surface area contributed by atoms with Crippen LogP contribution in [0.25, 0.3) is 0 Å². The molecule has 0 aromatic rings. The highest BCUT2D eigenvalue weighted by Gasteiger charge is 2.58. The number of amides is 1. The molecule has 3 fully saturated rings. The fourth-order valence-electron chi connectivity index (χ4n) is 6.44. The van der Waals surface area contributed by atoms with Crippen molar-refractivity contribution in [2.45, 2.75) is 71.9 Å². The lowest BCUT2D eigenvalue weighted by Gasteiger charge is -2.39. The van der Waals surface area contributed by atoms with Gasteiger partial charge in [0.15, 0.2) is 0 Å². The van der Waals surface area contributed by atoms with Crippen molar-refractivity contribution in [1.82, 2.24) is 5.32 Å². The van der Waals surface area contributed by atoms with Gasteiger partial charge in [-0.3, -0.25) is 4.79 Å². The van der Waals surface area contributed by atoms with Crippen molar-refractivity contribution in [3.8, 4) is 0 Å². The van der Waals surface area contributed by atoms with Crippen LogP contribution in [0.3, 0.4) is 0 Å². The number of rotatable bonds is 3. The minimum absolute atomic E-state index is 0.0713. The number of nitrogens with one attached hydrogen (secondary N) is 1. The van der Waals surface area contributed by atoms with Crippen LogP contribution >= 0.6 is 0 Å². The number of aliphatic hydroxyl groups is 1. The first kappa shape index (κ1) is 19.7. The number of fused-ring (bicyclic) bond motifs is 1. The minimum atomic E-state index is -0.708. The van der Waals surface area contributed by atoms with E-state index in [0.717, 1.165) is 12.0 Å². The Bertz CT molecular complexity index is 795. The van der Waals surface area contributed by atoms with E-state index in [1.165, 1.54) is 24.0 Å². The van der Waals surface area contributed by atoms with Gasteiger partial charge in [-0.15, -0.1) is 0 Å². The summed E-state index contributed by atoms with van der Waals surface area (Å²) in [4.78, 5) is 12.6. The summed E-state index contributed by atoms with van der Waals surface area (Å²) in [6, 6.07) is 0.0976. The Kier molecular flexibility index (Phi) is 4.73. The van der Waals surface area contributed by atoms with Gasteiger partial charge in [-0.25, -0.2) is 0 Å². The first-order valence-corrected chi connectivity index (χ1v) is 10.9. The van der Waals surface area contributed by atoms with Gasteiger partial charge in [0, 0.05) is 17.5 Å². The van der Waals surface area contributed by atoms with E-state index in [4.69, 9.17) is 0 Å². The van der Waals surface area contributed by atoms with E-state index in [1.54, 1.807) is 0 Å². The first-order valence-electron chi connectivity index (χ1n) is 10.9. The molecule has 2 N–H and O–H groups in total. The first-order chi connectivity index (χ1) is 13.1. The van der Waals surface area contributed by atoms with Crippen LogP contribution in [-0.4, -0.2) is 22.7 Å². The Balaban J connectivity index is 1.70. The average molecular weight is 382 g/mol. The van der Waals surface area contributed by atoms with Crippen LogP contribution in [0, 0.1) is 29.1 Å². The lowest BCUT2D eigenvalue weighted by atomic mass is 9.67. The predicted octanol–water partition coefficient (Wildman–Crippen LogP) is 4.70. The maximum Gasteiger partial charge on any atom is 0.247 e. The van der Waals surface area contributed by atoms with Gasteiger partial charge in [-0.1, -0.05) is 55.4 Å². The smallest absolute Gasteiger partial charge is 0.247 e. The molecule has 1 heterocycles. The van der Waals surface area contributed by atoms with Crippen LogP contribution in [0.5, 0.6) is 0 Å². The summed E-state index contributed by atoms with van der Waals surface area (Å²) < 4.78 is 0. The predicted molar refractivity (Wildman–Crippen MR) is 114 cm³/mol. The number of carbonyl (C=O) groups is 1. The van der Waals surface area contributed by atoms with Gasteiger partial charge in [-0.2, -0.15) is 0 Å². The molecule has 3 aliphatic carbocycles. The van der Waals surface area contributed by atoms with Crippen molar-refractivity contribution in [3.63, 3.8) is 0 Å². The summed E-state index contributed by atoms with van der Waals surface area (Å²) >= 11 is 0. The van der Waals surface area contributed by atoms with Crippen molar-refractivity contribution in [3.05, 3.63) is 47.1 Å². The highest BCUT2D eigenvalue weighted by atomic mass is 16.3. The molecule has 152 valence electrons. The van der Waals surface area contributed by atoms with Gasteiger partial charge in [0.2, 0.25) is 5.91 Å². The molecule has 3 nitrogen and oxygen atoms in total. The average Bonchev–Trinajstić information content (AvgIpc) is 3.12. The lowest BCUT2D eigenvalue weighted by Crippen LogP contribution is -2.38. The van der Waals surface area contributed by atoms with Crippen LogP contribution < -0.4 is 5.32 Å². The molecule has 0 aromatic carbocycles. The summed E-state index contributed by atoms with van der Waals surface area (Å²) in [7, 11) is 0. The normalized spacial score (nSPS) is 44.7. The third-order valence-corrected chi connectivity index (χ3v) is 7.93. The van der Waals surface area contributed by atoms with E-state index in [9.17, 15) is 9.90 Å². The van der Waals surface area contributed by atoms with Gasteiger partial charge in [-0.05, 0) is 69.6 Å². The number of allylic oxidation sites excluding steroid dienone is 7. The lowest BCUT2D eigenvalue weighted by molar-refractivity contribution is -0.117. The zero-order chi connectivity index (χ0) is 20.3. The van der Waals surface area contributed by atoms with Crippen LogP contribution in [0.1, 0.15) is 60.3 Å². The number of hydrogen-bond acceptors (Lipinski definition) is 2. The van der Waals surface area contributed by atoms with E-state index in [0.29, 0.717) is 18.3 Å². The third kappa shape index (κ3) is 3.12. The Hall–Kier alpha value is -1.61. The van der Waals surface area contributed by atoms with Crippen LogP contribution in [0.2, 0.25) is 0 Å². The monoisotopic (exact) mass is 381 g/mol. The van der Waals surface area contributed by atoms with Gasteiger partial charge in [0.1, 0.15) is 0 Å². The van der Waals surface area contributed by atoms with Gasteiger partial charge < -0.3 is 10.4 Å². The van der Waals surface area contributed by atoms with E-state index in [1.807, 2.05) is 6.92 Å². The molecule has 4 aliphatic rings. The van der Waals surface area contributed by atoms with E-state index in [-0.39, 0.29) is 29.2 Å². The van der Waals surface area contributed by atoms with Crippen LogP contribution in [0.4, 0.5) is 0 Å². The largest absolute Gasteiger partial charge is 0.390 e. The van der Waals surface area contributed by atoms with Gasteiger partial charge in [0.05, 0.1) is 5.60 Å². The highest BCUT2D eigenvalue weighted by molar-refractivity contribution is 5.97. The van der Waals surface area contributed by atoms with Crippen molar-refractivity contribution in [1.29, 1.82) is 0 Å². The van der Waals surface area contributed by atoms with Crippen LogP contribution in [-0.2, 0) is 4.79 Å². The van der Waals surface area contributed by atoms with E-state index < -0.39 is 5.60 Å². The van der Waals surface area contributed by atoms with Crippen molar-refractivity contribution in [2.75, 3.05) is 0 Å². The molecule has 1 amide bonds. The maximum atomic E-state index is 12.6. The Morgan fingerprint density at radius 2 is 2.04 bits per heavy atom. The molecule has 0 radical (unpaired) electrons. The second-order valence-electron chi connectivity index (χ2n) is 10.4. The van der Waals surface area contributed by atoms with Crippen molar-refractivity contribution < 1.29 is 9.90 Å². The number of hydrogen-bond donors (Lipinski definition) is 2. The summed E-state index contributed by atoms with van der Waals surface area (Å²) in [5.74, 6) is 1.35. The molecule has 4 rings (SSSR count). The number of carbonyl (C=O) groups excluding carboxylic acids is 1. The van der Waals surface area contributed by atoms with E-state index in [2.05, 4.69) is 63.4 Å². The second kappa shape index (κ2) is 6.73. The molecular formula is C25H35NO2. The molecule has 0 spiro atoms. The van der Waals surface area contributed by atoms with Gasteiger partial charge >= 0.3 is 0 Å². The molecular weight excluding hydrogens is 346 g/mol. The maximum absolute atomic E-state index is 12.6. The zero-order valence-corrected chi connectivity index (χ0v) is 18.0. The van der Waals surface area contributed by atoms with E-state index >= 15 is 0 Å². The topological polar surface area (TPSA) is 49.3 Å². The molecule has 28 heavy (non-hydrogen) atoms. The Morgan fingerprint density at radius 1 is 1.29 bits per heavy atom. The molecule has 0 bridgehead atoms. The minimum Gasteiger partial charge on any atom is -0.390 e. The summed E-state index contributed by atoms with van der Waals surface area (Å²) in [5, 5.41) is 14.3. The standard InChI is InChI=1S/C25H35NO2/c1-15(2)7-6-8-16(3)17-11-12-24(4)13-20-22-18(9-10-19(17)24)23(27)26-21(22)14-25(20,5)28/h6-10,16-17,20-22,28H,11-14H2,1-5H3,(H,26,27)/b8-6-,18-9+,19-10?/t16-,17+,20-,21+,22-,24+,25+/m0/s1. The highest BCUT2D eigenvalue weighted by Crippen LogP contribution is 2.59. The summed E-state index contributed by atoms with van der Waals surface area (Å²) in [6.07, 6.45) is 15.0. The Morgan fingerprint density at radius 3 is 2.75 bits per heavy atom. The molecule has 0 unspecified atom stereocenters. The molecule has 2 saturated carbocycles. The molecule has 1 saturated heterocycles. The fraction of sp³-hybridized carbons (Fsp3) is 0.640. The molecule has 3 heteroatoms.